The Bertz CT molecular complexity index is 1130. The van der Waals surface area contributed by atoms with Crippen LogP contribution in [0.15, 0.2) is 72.1 Å². The molecule has 2 aliphatic heterocycles. The highest BCUT2D eigenvalue weighted by Crippen LogP contribution is 2.33. The van der Waals surface area contributed by atoms with E-state index >= 15 is 0 Å². The Kier molecular flexibility index (Phi) is 5.58. The van der Waals surface area contributed by atoms with Gasteiger partial charge in [-0.05, 0) is 53.3 Å². The zero-order chi connectivity index (χ0) is 21.9. The number of anilines is 1. The van der Waals surface area contributed by atoms with Gasteiger partial charge in [0.2, 0.25) is 0 Å². The first-order valence-electron chi connectivity index (χ1n) is 11.1. The van der Waals surface area contributed by atoms with Gasteiger partial charge in [0.05, 0.1) is 12.1 Å². The van der Waals surface area contributed by atoms with E-state index in [0.717, 1.165) is 43.6 Å². The van der Waals surface area contributed by atoms with E-state index in [0.29, 0.717) is 17.8 Å². The first-order chi connectivity index (χ1) is 15.7. The number of pyridine rings is 1. The molecule has 0 radical (unpaired) electrons. The van der Waals surface area contributed by atoms with Crippen molar-refractivity contribution in [3.05, 3.63) is 94.8 Å². The molecule has 1 unspecified atom stereocenters. The van der Waals surface area contributed by atoms with Crippen molar-refractivity contribution in [2.45, 2.75) is 31.8 Å². The summed E-state index contributed by atoms with van der Waals surface area (Å²) in [7, 11) is 0. The van der Waals surface area contributed by atoms with Crippen molar-refractivity contribution in [1.29, 1.82) is 0 Å². The largest absolute Gasteiger partial charge is 0.398 e. The summed E-state index contributed by atoms with van der Waals surface area (Å²) in [4.78, 5) is 18.9. The third-order valence-corrected chi connectivity index (χ3v) is 6.23. The molecule has 162 valence electrons. The van der Waals surface area contributed by atoms with Crippen LogP contribution in [0.2, 0.25) is 0 Å². The number of carbonyl (C=O) groups is 1. The van der Waals surface area contributed by atoms with Crippen LogP contribution in [0.5, 0.6) is 0 Å². The molecule has 1 amide bonds. The maximum atomic E-state index is 13.0. The predicted octanol–water partition coefficient (Wildman–Crippen LogP) is 3.84. The summed E-state index contributed by atoms with van der Waals surface area (Å²) >= 11 is 0. The smallest absolute Gasteiger partial charge is 0.256 e. The Hall–Kier alpha value is -3.67. The molecule has 2 N–H and O–H groups in total. The number of hydrazone groups is 1. The topological polar surface area (TPSA) is 74.8 Å². The fourth-order valence-corrected chi connectivity index (χ4v) is 4.58. The van der Waals surface area contributed by atoms with Crippen LogP contribution in [-0.4, -0.2) is 40.1 Å². The first-order valence-corrected chi connectivity index (χ1v) is 11.1. The van der Waals surface area contributed by atoms with Gasteiger partial charge in [0.1, 0.15) is 0 Å². The molecule has 1 atom stereocenters. The van der Waals surface area contributed by atoms with Gasteiger partial charge in [0.15, 0.2) is 0 Å². The van der Waals surface area contributed by atoms with E-state index in [1.54, 1.807) is 12.4 Å². The molecular weight excluding hydrogens is 398 g/mol. The van der Waals surface area contributed by atoms with Gasteiger partial charge < -0.3 is 10.6 Å². The Labute approximate surface area is 188 Å². The van der Waals surface area contributed by atoms with Crippen LogP contribution in [0.4, 0.5) is 5.69 Å². The molecule has 2 aliphatic rings. The summed E-state index contributed by atoms with van der Waals surface area (Å²) in [5.74, 6) is 0.225. The SMILES string of the molecule is Nc1cc(C2C=NN(Cc3ccncc3)C2)cc2c1C(=O)N(CCCc1ccccc1)C2. The molecule has 0 spiro atoms. The zero-order valence-electron chi connectivity index (χ0n) is 18.0. The van der Waals surface area contributed by atoms with Crippen LogP contribution in [-0.2, 0) is 19.5 Å². The van der Waals surface area contributed by atoms with Crippen molar-refractivity contribution in [1.82, 2.24) is 14.9 Å². The second-order valence-electron chi connectivity index (χ2n) is 8.53. The quantitative estimate of drug-likeness (QED) is 0.584. The maximum absolute atomic E-state index is 13.0. The number of rotatable bonds is 7. The lowest BCUT2D eigenvalue weighted by Crippen LogP contribution is -2.25. The number of benzene rings is 2. The second kappa shape index (κ2) is 8.83. The average Bonchev–Trinajstić information content (AvgIpc) is 3.40. The van der Waals surface area contributed by atoms with E-state index in [4.69, 9.17) is 5.73 Å². The Balaban J connectivity index is 1.23. The third-order valence-electron chi connectivity index (χ3n) is 6.23. The number of fused-ring (bicyclic) bond motifs is 1. The number of aryl methyl sites for hydroxylation is 1. The highest BCUT2D eigenvalue weighted by molar-refractivity contribution is 6.03. The highest BCUT2D eigenvalue weighted by atomic mass is 16.2. The maximum Gasteiger partial charge on any atom is 0.256 e. The van der Waals surface area contributed by atoms with E-state index < -0.39 is 0 Å². The van der Waals surface area contributed by atoms with Crippen LogP contribution in [0.25, 0.3) is 0 Å². The minimum atomic E-state index is 0.0523. The lowest BCUT2D eigenvalue weighted by Gasteiger charge is -2.17. The normalized spacial score (nSPS) is 17.2. The second-order valence-corrected chi connectivity index (χ2v) is 8.53. The standard InChI is InChI=1S/C26H27N5O/c27-24-14-21(23-15-29-31(18-23)16-20-8-10-28-11-9-20)13-22-17-30(26(32)25(22)24)12-4-7-19-5-2-1-3-6-19/h1-3,5-6,8-11,13-15,23H,4,7,12,16-18,27H2. The number of carbonyl (C=O) groups excluding carboxylic acids is 1. The van der Waals surface area contributed by atoms with Crippen LogP contribution >= 0.6 is 0 Å². The van der Waals surface area contributed by atoms with Crippen LogP contribution in [0.3, 0.4) is 0 Å². The monoisotopic (exact) mass is 425 g/mol. The number of hydrogen-bond acceptors (Lipinski definition) is 5. The number of nitrogens with zero attached hydrogens (tertiary/aromatic N) is 4. The van der Waals surface area contributed by atoms with Crippen molar-refractivity contribution in [2.24, 2.45) is 5.10 Å². The Morgan fingerprint density at radius 1 is 1.03 bits per heavy atom. The summed E-state index contributed by atoms with van der Waals surface area (Å²) in [5, 5.41) is 6.64. The van der Waals surface area contributed by atoms with Gasteiger partial charge in [-0.1, -0.05) is 36.4 Å². The van der Waals surface area contributed by atoms with Gasteiger partial charge in [-0.15, -0.1) is 0 Å². The van der Waals surface area contributed by atoms with Crippen LogP contribution in [0, 0.1) is 0 Å². The van der Waals surface area contributed by atoms with Crippen LogP contribution < -0.4 is 5.73 Å². The van der Waals surface area contributed by atoms with Crippen molar-refractivity contribution in [3.63, 3.8) is 0 Å². The Morgan fingerprint density at radius 3 is 2.66 bits per heavy atom. The van der Waals surface area contributed by atoms with Gasteiger partial charge >= 0.3 is 0 Å². The third kappa shape index (κ3) is 4.21. The van der Waals surface area contributed by atoms with E-state index in [1.807, 2.05) is 35.4 Å². The molecular formula is C26H27N5O. The van der Waals surface area contributed by atoms with Gasteiger partial charge in [-0.2, -0.15) is 5.10 Å². The first kappa shape index (κ1) is 20.2. The minimum Gasteiger partial charge on any atom is -0.398 e. The summed E-state index contributed by atoms with van der Waals surface area (Å²) in [6.45, 7) is 2.92. The molecule has 0 saturated carbocycles. The van der Waals surface area contributed by atoms with Gasteiger partial charge in [-0.3, -0.25) is 14.8 Å². The number of nitrogens with two attached hydrogens (primary N) is 1. The highest BCUT2D eigenvalue weighted by Gasteiger charge is 2.31. The fraction of sp³-hybridized carbons (Fsp3) is 0.269. The summed E-state index contributed by atoms with van der Waals surface area (Å²) < 4.78 is 0. The molecule has 2 aromatic carbocycles. The van der Waals surface area contributed by atoms with Gasteiger partial charge in [-0.25, -0.2) is 0 Å². The molecule has 0 aliphatic carbocycles. The number of nitrogen functional groups attached to an aromatic ring is 1. The molecule has 3 aromatic rings. The molecule has 0 fully saturated rings. The van der Waals surface area contributed by atoms with E-state index in [1.165, 1.54) is 11.1 Å². The molecule has 3 heterocycles. The van der Waals surface area contributed by atoms with Crippen molar-refractivity contribution < 1.29 is 4.79 Å². The Morgan fingerprint density at radius 2 is 1.84 bits per heavy atom. The average molecular weight is 426 g/mol. The van der Waals surface area contributed by atoms with E-state index in [-0.39, 0.29) is 11.8 Å². The number of aromatic nitrogens is 1. The van der Waals surface area contributed by atoms with E-state index in [2.05, 4.69) is 45.4 Å². The summed E-state index contributed by atoms with van der Waals surface area (Å²) in [6, 6.07) is 18.5. The number of hydrogen-bond donors (Lipinski definition) is 1. The van der Waals surface area contributed by atoms with Crippen molar-refractivity contribution in [3.8, 4) is 0 Å². The lowest BCUT2D eigenvalue weighted by atomic mass is 9.95. The molecule has 1 aromatic heterocycles. The minimum absolute atomic E-state index is 0.0523. The van der Waals surface area contributed by atoms with E-state index in [9.17, 15) is 4.79 Å². The summed E-state index contributed by atoms with van der Waals surface area (Å²) in [5.41, 5.74) is 12.3. The predicted molar refractivity (Wildman–Crippen MR) is 126 cm³/mol. The molecule has 0 bridgehead atoms. The van der Waals surface area contributed by atoms with Crippen molar-refractivity contribution in [2.75, 3.05) is 18.8 Å². The molecule has 0 saturated heterocycles. The molecule has 6 heteroatoms. The van der Waals surface area contributed by atoms with Gasteiger partial charge in [0, 0.05) is 49.8 Å². The summed E-state index contributed by atoms with van der Waals surface area (Å²) in [6.07, 6.45) is 7.49. The molecule has 32 heavy (non-hydrogen) atoms. The van der Waals surface area contributed by atoms with Gasteiger partial charge in [0.25, 0.3) is 5.91 Å². The van der Waals surface area contributed by atoms with Crippen LogP contribution in [0.1, 0.15) is 45.0 Å². The lowest BCUT2D eigenvalue weighted by molar-refractivity contribution is 0.0777. The van der Waals surface area contributed by atoms with Crippen molar-refractivity contribution >= 4 is 17.8 Å². The number of amides is 1. The molecule has 6 nitrogen and oxygen atoms in total. The fourth-order valence-electron chi connectivity index (χ4n) is 4.58. The molecule has 5 rings (SSSR count). The zero-order valence-corrected chi connectivity index (χ0v) is 18.0.